The number of nitro groups is 1. The molecular weight excluding hydrogens is 277 g/mol. The number of alkyl halides is 2. The Morgan fingerprint density at radius 2 is 2.06 bits per heavy atom. The van der Waals surface area contributed by atoms with Crippen LogP contribution in [0.5, 0.6) is 0 Å². The van der Waals surface area contributed by atoms with Crippen LogP contribution in [0.4, 0.5) is 14.5 Å². The molecule has 0 radical (unpaired) electrons. The maximum atomic E-state index is 12.1. The Balaban J connectivity index is 0.00000256. The predicted octanol–water partition coefficient (Wildman–Crippen LogP) is 3.33. The van der Waals surface area contributed by atoms with Gasteiger partial charge < -0.3 is 5.73 Å². The predicted molar refractivity (Wildman–Crippen MR) is 62.9 cm³/mol. The number of benzene rings is 1. The molecule has 2 N–H and O–H groups in total. The lowest BCUT2D eigenvalue weighted by Crippen LogP contribution is -2.14. The van der Waals surface area contributed by atoms with Crippen LogP contribution < -0.4 is 5.73 Å². The normalized spacial score (nSPS) is 12.1. The first-order valence-corrected chi connectivity index (χ1v) is 4.77. The van der Waals surface area contributed by atoms with Crippen molar-refractivity contribution in [3.63, 3.8) is 0 Å². The standard InChI is InChI=1S/C9H9ClF2N2O2.ClH/c10-6-2-1-5(3-8(6)14(15)16)7(13)4-9(11)12;/h1-3,7,9H,4,13H2;1H/t7-;/m1./s1. The zero-order valence-corrected chi connectivity index (χ0v) is 10.0. The largest absolute Gasteiger partial charge is 0.324 e. The van der Waals surface area contributed by atoms with Crippen molar-refractivity contribution >= 4 is 29.7 Å². The fourth-order valence-corrected chi connectivity index (χ4v) is 1.41. The Morgan fingerprint density at radius 3 is 2.53 bits per heavy atom. The number of rotatable bonds is 4. The number of nitrogens with two attached hydrogens (primary N) is 1. The summed E-state index contributed by atoms with van der Waals surface area (Å²) >= 11 is 5.57. The third-order valence-corrected chi connectivity index (χ3v) is 2.35. The molecule has 0 aromatic heterocycles. The Kier molecular flexibility index (Phi) is 6.30. The first kappa shape index (κ1) is 16.0. The highest BCUT2D eigenvalue weighted by molar-refractivity contribution is 6.32. The molecule has 1 aromatic carbocycles. The van der Waals surface area contributed by atoms with Crippen LogP contribution in [0.15, 0.2) is 18.2 Å². The van der Waals surface area contributed by atoms with E-state index in [-0.39, 0.29) is 28.7 Å². The van der Waals surface area contributed by atoms with Crippen molar-refractivity contribution in [1.82, 2.24) is 0 Å². The van der Waals surface area contributed by atoms with Crippen molar-refractivity contribution in [2.24, 2.45) is 5.73 Å². The summed E-state index contributed by atoms with van der Waals surface area (Å²) in [7, 11) is 0. The van der Waals surface area contributed by atoms with Gasteiger partial charge in [-0.1, -0.05) is 17.7 Å². The van der Waals surface area contributed by atoms with Crippen molar-refractivity contribution in [2.45, 2.75) is 18.9 Å². The monoisotopic (exact) mass is 286 g/mol. The molecule has 0 fully saturated rings. The van der Waals surface area contributed by atoms with E-state index < -0.39 is 23.8 Å². The van der Waals surface area contributed by atoms with Gasteiger partial charge in [-0.25, -0.2) is 8.78 Å². The molecule has 0 spiro atoms. The van der Waals surface area contributed by atoms with E-state index >= 15 is 0 Å². The second kappa shape index (κ2) is 6.68. The van der Waals surface area contributed by atoms with Crippen LogP contribution in [0.1, 0.15) is 18.0 Å². The lowest BCUT2D eigenvalue weighted by Gasteiger charge is -2.11. The summed E-state index contributed by atoms with van der Waals surface area (Å²) in [5, 5.41) is 10.5. The van der Waals surface area contributed by atoms with Crippen LogP contribution in [0.2, 0.25) is 5.02 Å². The van der Waals surface area contributed by atoms with Gasteiger partial charge in [0.15, 0.2) is 0 Å². The fourth-order valence-electron chi connectivity index (χ4n) is 1.23. The Hall–Kier alpha value is -0.980. The molecule has 0 heterocycles. The lowest BCUT2D eigenvalue weighted by molar-refractivity contribution is -0.384. The second-order valence-electron chi connectivity index (χ2n) is 3.20. The summed E-state index contributed by atoms with van der Waals surface area (Å²) in [5.41, 5.74) is 5.41. The molecule has 17 heavy (non-hydrogen) atoms. The van der Waals surface area contributed by atoms with Crippen molar-refractivity contribution in [3.05, 3.63) is 38.9 Å². The molecular formula is C9H10Cl2F2N2O2. The molecule has 0 unspecified atom stereocenters. The molecule has 0 saturated heterocycles. The smallest absolute Gasteiger partial charge is 0.288 e. The molecule has 1 rings (SSSR count). The van der Waals surface area contributed by atoms with E-state index in [0.717, 1.165) is 6.07 Å². The molecule has 1 atom stereocenters. The Labute approximate surface area is 107 Å². The molecule has 8 heteroatoms. The molecule has 4 nitrogen and oxygen atoms in total. The first-order valence-electron chi connectivity index (χ1n) is 4.39. The van der Waals surface area contributed by atoms with Crippen LogP contribution in [0.25, 0.3) is 0 Å². The number of nitrogens with zero attached hydrogens (tertiary/aromatic N) is 1. The van der Waals surface area contributed by atoms with E-state index in [4.69, 9.17) is 17.3 Å². The minimum atomic E-state index is -2.55. The summed E-state index contributed by atoms with van der Waals surface area (Å²) in [5.74, 6) is 0. The third-order valence-electron chi connectivity index (χ3n) is 2.03. The molecule has 0 aliphatic carbocycles. The van der Waals surface area contributed by atoms with Crippen molar-refractivity contribution in [1.29, 1.82) is 0 Å². The minimum absolute atomic E-state index is 0. The van der Waals surface area contributed by atoms with Crippen molar-refractivity contribution in [3.8, 4) is 0 Å². The third kappa shape index (κ3) is 4.41. The number of halogens is 4. The number of nitro benzene ring substituents is 1. The van der Waals surface area contributed by atoms with Gasteiger partial charge in [-0.15, -0.1) is 12.4 Å². The molecule has 1 aromatic rings. The zero-order valence-electron chi connectivity index (χ0n) is 8.48. The van der Waals surface area contributed by atoms with Gasteiger partial charge in [0.2, 0.25) is 6.43 Å². The van der Waals surface area contributed by atoms with Crippen LogP contribution in [-0.4, -0.2) is 11.3 Å². The van der Waals surface area contributed by atoms with Gasteiger partial charge in [-0.2, -0.15) is 0 Å². The first-order chi connectivity index (χ1) is 7.41. The highest BCUT2D eigenvalue weighted by atomic mass is 35.5. The van der Waals surface area contributed by atoms with Gasteiger partial charge >= 0.3 is 0 Å². The highest BCUT2D eigenvalue weighted by Crippen LogP contribution is 2.28. The average molecular weight is 287 g/mol. The SMILES string of the molecule is Cl.N[C@H](CC(F)F)c1ccc(Cl)c([N+](=O)[O-])c1. The molecule has 0 bridgehead atoms. The molecule has 96 valence electrons. The van der Waals surface area contributed by atoms with E-state index in [1.807, 2.05) is 0 Å². The van der Waals surface area contributed by atoms with E-state index in [1.165, 1.54) is 12.1 Å². The van der Waals surface area contributed by atoms with E-state index in [1.54, 1.807) is 0 Å². The summed E-state index contributed by atoms with van der Waals surface area (Å²) in [6, 6.07) is 2.87. The van der Waals surface area contributed by atoms with Gasteiger partial charge in [-0.05, 0) is 11.6 Å². The number of hydrogen-bond acceptors (Lipinski definition) is 3. The second-order valence-corrected chi connectivity index (χ2v) is 3.61. The van der Waals surface area contributed by atoms with Crippen molar-refractivity contribution in [2.75, 3.05) is 0 Å². The van der Waals surface area contributed by atoms with E-state index in [2.05, 4.69) is 0 Å². The Morgan fingerprint density at radius 1 is 1.47 bits per heavy atom. The van der Waals surface area contributed by atoms with Gasteiger partial charge in [0.25, 0.3) is 5.69 Å². The van der Waals surface area contributed by atoms with E-state index in [0.29, 0.717) is 0 Å². The maximum Gasteiger partial charge on any atom is 0.288 e. The maximum absolute atomic E-state index is 12.1. The summed E-state index contributed by atoms with van der Waals surface area (Å²) in [6.45, 7) is 0. The van der Waals surface area contributed by atoms with Crippen LogP contribution in [-0.2, 0) is 0 Å². The Bertz CT molecular complexity index is 405. The zero-order chi connectivity index (χ0) is 12.3. The molecule has 0 aliphatic rings. The van der Waals surface area contributed by atoms with Gasteiger partial charge in [0.1, 0.15) is 5.02 Å². The minimum Gasteiger partial charge on any atom is -0.324 e. The average Bonchev–Trinajstić information content (AvgIpc) is 2.16. The topological polar surface area (TPSA) is 69.2 Å². The molecule has 0 amide bonds. The highest BCUT2D eigenvalue weighted by Gasteiger charge is 2.18. The quantitative estimate of drug-likeness (QED) is 0.682. The van der Waals surface area contributed by atoms with Gasteiger partial charge in [0, 0.05) is 18.5 Å². The lowest BCUT2D eigenvalue weighted by atomic mass is 10.0. The summed E-state index contributed by atoms with van der Waals surface area (Å²) < 4.78 is 24.1. The van der Waals surface area contributed by atoms with Crippen LogP contribution >= 0.6 is 24.0 Å². The van der Waals surface area contributed by atoms with Crippen LogP contribution in [0, 0.1) is 10.1 Å². The summed E-state index contributed by atoms with van der Waals surface area (Å²) in [4.78, 5) is 9.87. The van der Waals surface area contributed by atoms with Crippen LogP contribution in [0.3, 0.4) is 0 Å². The van der Waals surface area contributed by atoms with Gasteiger partial charge in [-0.3, -0.25) is 10.1 Å². The number of hydrogen-bond donors (Lipinski definition) is 1. The summed E-state index contributed by atoms with van der Waals surface area (Å²) in [6.07, 6.45) is -3.09. The van der Waals surface area contributed by atoms with Crippen molar-refractivity contribution < 1.29 is 13.7 Å². The molecule has 0 saturated carbocycles. The molecule has 0 aliphatic heterocycles. The fraction of sp³-hybridized carbons (Fsp3) is 0.333. The van der Waals surface area contributed by atoms with Gasteiger partial charge in [0.05, 0.1) is 4.92 Å². The van der Waals surface area contributed by atoms with E-state index in [9.17, 15) is 18.9 Å².